The lowest BCUT2D eigenvalue weighted by atomic mass is 10.1. The fraction of sp³-hybridized carbons (Fsp3) is 0.269. The lowest BCUT2D eigenvalue weighted by Crippen LogP contribution is -2.17. The maximum absolute atomic E-state index is 12.7. The number of ether oxygens (including phenoxy) is 2. The summed E-state index contributed by atoms with van der Waals surface area (Å²) in [6.45, 7) is 1.78. The molecule has 1 aliphatic heterocycles. The summed E-state index contributed by atoms with van der Waals surface area (Å²) < 4.78 is 15.4. The van der Waals surface area contributed by atoms with Crippen LogP contribution in [-0.2, 0) is 31.2 Å². The van der Waals surface area contributed by atoms with E-state index in [0.717, 1.165) is 29.6 Å². The summed E-state index contributed by atoms with van der Waals surface area (Å²) in [4.78, 5) is 12.7. The minimum atomic E-state index is -0.117. The fourth-order valence-electron chi connectivity index (χ4n) is 3.96. The van der Waals surface area contributed by atoms with E-state index in [-0.39, 0.29) is 11.7 Å². The molecule has 0 fully saturated rings. The number of rotatable bonds is 9. The number of fused-ring (bicyclic) bond motifs is 1. The fourth-order valence-corrected chi connectivity index (χ4v) is 4.74. The van der Waals surface area contributed by atoms with E-state index in [0.29, 0.717) is 36.8 Å². The first-order valence-electron chi connectivity index (χ1n) is 11.5. The van der Waals surface area contributed by atoms with Gasteiger partial charge in [0.05, 0.1) is 5.75 Å². The van der Waals surface area contributed by atoms with Gasteiger partial charge in [0.2, 0.25) is 5.91 Å². The van der Waals surface area contributed by atoms with Gasteiger partial charge in [-0.3, -0.25) is 4.79 Å². The molecule has 0 spiro atoms. The zero-order chi connectivity index (χ0) is 24.0. The number of aromatic nitrogens is 4. The summed E-state index contributed by atoms with van der Waals surface area (Å²) in [6, 6.07) is 19.9. The Morgan fingerprint density at radius 2 is 1.86 bits per heavy atom. The molecule has 0 bridgehead atoms. The number of anilines is 1. The molecule has 0 unspecified atom stereocenters. The van der Waals surface area contributed by atoms with E-state index in [2.05, 4.69) is 42.8 Å². The van der Waals surface area contributed by atoms with Crippen molar-refractivity contribution in [1.29, 1.82) is 0 Å². The van der Waals surface area contributed by atoms with Gasteiger partial charge in [0.25, 0.3) is 0 Å². The molecule has 8 nitrogen and oxygen atoms in total. The minimum absolute atomic E-state index is 0.117. The number of thioether (sulfide) groups is 1. The van der Waals surface area contributed by atoms with Gasteiger partial charge in [-0.2, -0.15) is 0 Å². The first-order chi connectivity index (χ1) is 17.2. The monoisotopic (exact) mass is 489 g/mol. The van der Waals surface area contributed by atoms with Crippen LogP contribution >= 0.6 is 11.8 Å². The maximum Gasteiger partial charge on any atom is 0.234 e. The Bertz CT molecular complexity index is 1300. The second-order valence-corrected chi connectivity index (χ2v) is 9.21. The van der Waals surface area contributed by atoms with Crippen molar-refractivity contribution >= 4 is 23.4 Å². The van der Waals surface area contributed by atoms with Crippen LogP contribution in [0.3, 0.4) is 0 Å². The first kappa shape index (κ1) is 23.0. The van der Waals surface area contributed by atoms with E-state index in [9.17, 15) is 4.79 Å². The first-order valence-corrected chi connectivity index (χ1v) is 12.5. The Morgan fingerprint density at radius 3 is 2.66 bits per heavy atom. The SMILES string of the molecule is Cn1cccc1Cc1nnc(SCC(=O)Nc2ccc3c(c2)OCCO3)n1CCc1ccccc1. The molecular weight excluding hydrogens is 462 g/mol. The van der Waals surface area contributed by atoms with Crippen LogP contribution in [0.5, 0.6) is 11.5 Å². The predicted octanol–water partition coefficient (Wildman–Crippen LogP) is 3.95. The van der Waals surface area contributed by atoms with Crippen LogP contribution in [0.15, 0.2) is 72.0 Å². The highest BCUT2D eigenvalue weighted by atomic mass is 32.2. The second-order valence-electron chi connectivity index (χ2n) is 8.27. The average Bonchev–Trinajstić information content (AvgIpc) is 3.47. The number of nitrogens with one attached hydrogen (secondary N) is 1. The quantitative estimate of drug-likeness (QED) is 0.359. The molecule has 1 aliphatic rings. The zero-order valence-electron chi connectivity index (χ0n) is 19.5. The van der Waals surface area contributed by atoms with Crippen LogP contribution in [0, 0.1) is 0 Å². The van der Waals surface area contributed by atoms with Crippen LogP contribution in [0.1, 0.15) is 17.1 Å². The molecule has 5 rings (SSSR count). The molecule has 0 saturated heterocycles. The third-order valence-electron chi connectivity index (χ3n) is 5.81. The van der Waals surface area contributed by atoms with E-state index in [4.69, 9.17) is 9.47 Å². The van der Waals surface area contributed by atoms with Crippen LogP contribution in [0.25, 0.3) is 0 Å². The van der Waals surface area contributed by atoms with Gasteiger partial charge in [-0.05, 0) is 36.2 Å². The Morgan fingerprint density at radius 1 is 1.03 bits per heavy atom. The largest absolute Gasteiger partial charge is 0.486 e. The molecule has 4 aromatic rings. The van der Waals surface area contributed by atoms with Crippen LogP contribution < -0.4 is 14.8 Å². The molecule has 180 valence electrons. The molecular formula is C26H27N5O3S. The van der Waals surface area contributed by atoms with Crippen molar-refractivity contribution in [1.82, 2.24) is 19.3 Å². The van der Waals surface area contributed by atoms with Gasteiger partial charge in [-0.25, -0.2) is 0 Å². The summed E-state index contributed by atoms with van der Waals surface area (Å²) in [5.74, 6) is 2.33. The molecule has 1 amide bonds. The summed E-state index contributed by atoms with van der Waals surface area (Å²) in [5, 5.41) is 12.6. The molecule has 0 atom stereocenters. The molecule has 2 aromatic heterocycles. The summed E-state index contributed by atoms with van der Waals surface area (Å²) >= 11 is 1.39. The second kappa shape index (κ2) is 10.7. The van der Waals surface area contributed by atoms with Gasteiger partial charge in [-0.1, -0.05) is 42.1 Å². The van der Waals surface area contributed by atoms with Gasteiger partial charge >= 0.3 is 0 Å². The number of nitrogens with zero attached hydrogens (tertiary/aromatic N) is 4. The van der Waals surface area contributed by atoms with Gasteiger partial charge in [0.1, 0.15) is 19.0 Å². The molecule has 1 N–H and O–H groups in total. The third-order valence-corrected chi connectivity index (χ3v) is 6.78. The average molecular weight is 490 g/mol. The standard InChI is InChI=1S/C26H27N5O3S/c1-30-12-5-8-21(30)17-24-28-29-26(31(24)13-11-19-6-3-2-4-7-19)35-18-25(32)27-20-9-10-22-23(16-20)34-15-14-33-22/h2-10,12,16H,11,13-15,17-18H2,1H3,(H,27,32). The highest BCUT2D eigenvalue weighted by Gasteiger charge is 2.17. The van der Waals surface area contributed by atoms with Crippen molar-refractivity contribution in [3.05, 3.63) is 83.9 Å². The van der Waals surface area contributed by atoms with Crippen LogP contribution in [-0.4, -0.2) is 44.2 Å². The lowest BCUT2D eigenvalue weighted by molar-refractivity contribution is -0.113. The topological polar surface area (TPSA) is 83.2 Å². The van der Waals surface area contributed by atoms with Gasteiger partial charge in [0.15, 0.2) is 16.7 Å². The smallest absolute Gasteiger partial charge is 0.234 e. The van der Waals surface area contributed by atoms with Crippen molar-refractivity contribution in [2.24, 2.45) is 7.05 Å². The predicted molar refractivity (Wildman–Crippen MR) is 135 cm³/mol. The number of benzene rings is 2. The Hall–Kier alpha value is -3.72. The van der Waals surface area contributed by atoms with Crippen molar-refractivity contribution in [2.75, 3.05) is 24.3 Å². The maximum atomic E-state index is 12.7. The number of hydrogen-bond acceptors (Lipinski definition) is 6. The summed E-state index contributed by atoms with van der Waals surface area (Å²) in [5.41, 5.74) is 3.08. The minimum Gasteiger partial charge on any atom is -0.486 e. The van der Waals surface area contributed by atoms with E-state index in [1.54, 1.807) is 6.07 Å². The van der Waals surface area contributed by atoms with Crippen molar-refractivity contribution < 1.29 is 14.3 Å². The number of carbonyl (C=O) groups excluding carboxylic acids is 1. The van der Waals surface area contributed by atoms with Gasteiger partial charge < -0.3 is 23.9 Å². The van der Waals surface area contributed by atoms with E-state index in [1.165, 1.54) is 17.3 Å². The van der Waals surface area contributed by atoms with Crippen LogP contribution in [0.2, 0.25) is 0 Å². The summed E-state index contributed by atoms with van der Waals surface area (Å²) in [6.07, 6.45) is 3.56. The highest BCUT2D eigenvalue weighted by molar-refractivity contribution is 7.99. The number of aryl methyl sites for hydroxylation is 2. The van der Waals surface area contributed by atoms with E-state index in [1.807, 2.05) is 49.6 Å². The van der Waals surface area contributed by atoms with Crippen molar-refractivity contribution in [3.8, 4) is 11.5 Å². The Kier molecular flexibility index (Phi) is 7.04. The molecule has 0 saturated carbocycles. The van der Waals surface area contributed by atoms with Crippen molar-refractivity contribution in [3.63, 3.8) is 0 Å². The Labute approximate surface area is 208 Å². The van der Waals surface area contributed by atoms with Gasteiger partial charge in [0, 0.05) is 43.7 Å². The molecule has 9 heteroatoms. The number of hydrogen-bond donors (Lipinski definition) is 1. The normalized spacial score (nSPS) is 12.5. The highest BCUT2D eigenvalue weighted by Crippen LogP contribution is 2.32. The Balaban J connectivity index is 1.27. The molecule has 3 heterocycles. The third kappa shape index (κ3) is 5.68. The molecule has 2 aromatic carbocycles. The number of carbonyl (C=O) groups is 1. The number of amides is 1. The zero-order valence-corrected chi connectivity index (χ0v) is 20.3. The van der Waals surface area contributed by atoms with Crippen molar-refractivity contribution in [2.45, 2.75) is 24.5 Å². The van der Waals surface area contributed by atoms with E-state index < -0.39 is 0 Å². The molecule has 35 heavy (non-hydrogen) atoms. The van der Waals surface area contributed by atoms with E-state index >= 15 is 0 Å². The van der Waals surface area contributed by atoms with Crippen LogP contribution in [0.4, 0.5) is 5.69 Å². The summed E-state index contributed by atoms with van der Waals surface area (Å²) in [7, 11) is 2.03. The molecule has 0 aliphatic carbocycles. The van der Waals surface area contributed by atoms with Gasteiger partial charge in [-0.15, -0.1) is 10.2 Å². The lowest BCUT2D eigenvalue weighted by Gasteiger charge is -2.19. The molecule has 0 radical (unpaired) electrons.